The van der Waals surface area contributed by atoms with Gasteiger partial charge in [0.1, 0.15) is 0 Å². The first kappa shape index (κ1) is 16.9. The Labute approximate surface area is 146 Å². The number of nitrogens with one attached hydrogen (secondary N) is 2. The standard InChI is InChI=1S/C18H18N4O2S/c1-13-17(12-20-22(13)15-6-4-3-5-7-15)21-18(23)14-8-10-16(11-9-14)25(2,19)24/h3-12,19H,1-2H3,(H,21,23). The van der Waals surface area contributed by atoms with Crippen LogP contribution in [0.3, 0.4) is 0 Å². The summed E-state index contributed by atoms with van der Waals surface area (Å²) in [7, 11) is -2.78. The molecule has 0 aliphatic carbocycles. The molecule has 3 rings (SSSR count). The summed E-state index contributed by atoms with van der Waals surface area (Å²) in [6, 6.07) is 15.9. The van der Waals surface area contributed by atoms with Crippen LogP contribution in [0.5, 0.6) is 0 Å². The molecule has 0 saturated carbocycles. The van der Waals surface area contributed by atoms with E-state index in [1.807, 2.05) is 37.3 Å². The highest BCUT2D eigenvalue weighted by Gasteiger charge is 2.13. The van der Waals surface area contributed by atoms with Gasteiger partial charge in [0.25, 0.3) is 5.91 Å². The lowest BCUT2D eigenvalue weighted by Crippen LogP contribution is -2.12. The fraction of sp³-hybridized carbons (Fsp3) is 0.111. The molecule has 25 heavy (non-hydrogen) atoms. The van der Waals surface area contributed by atoms with E-state index in [1.54, 1.807) is 35.1 Å². The van der Waals surface area contributed by atoms with Crippen molar-refractivity contribution in [1.29, 1.82) is 4.78 Å². The van der Waals surface area contributed by atoms with Gasteiger partial charge in [-0.3, -0.25) is 4.79 Å². The van der Waals surface area contributed by atoms with Crippen LogP contribution in [-0.4, -0.2) is 26.2 Å². The molecule has 1 aromatic heterocycles. The van der Waals surface area contributed by atoms with E-state index in [4.69, 9.17) is 4.78 Å². The first-order chi connectivity index (χ1) is 11.9. The van der Waals surface area contributed by atoms with E-state index < -0.39 is 9.73 Å². The van der Waals surface area contributed by atoms with Crippen LogP contribution in [0.1, 0.15) is 16.1 Å². The summed E-state index contributed by atoms with van der Waals surface area (Å²) >= 11 is 0. The number of para-hydroxylation sites is 1. The Bertz CT molecular complexity index is 1010. The van der Waals surface area contributed by atoms with Gasteiger partial charge in [0, 0.05) is 16.7 Å². The summed E-state index contributed by atoms with van der Waals surface area (Å²) in [6.07, 6.45) is 2.96. The molecule has 1 unspecified atom stereocenters. The van der Waals surface area contributed by atoms with Gasteiger partial charge < -0.3 is 5.32 Å². The summed E-state index contributed by atoms with van der Waals surface area (Å²) in [5.41, 5.74) is 2.79. The van der Waals surface area contributed by atoms with Crippen molar-refractivity contribution < 1.29 is 9.00 Å². The molecule has 0 radical (unpaired) electrons. The lowest BCUT2D eigenvalue weighted by molar-refractivity contribution is 0.102. The molecule has 1 heterocycles. The van der Waals surface area contributed by atoms with E-state index in [1.165, 1.54) is 6.26 Å². The molecule has 2 aromatic carbocycles. The molecule has 2 N–H and O–H groups in total. The number of nitrogens with zero attached hydrogens (tertiary/aromatic N) is 2. The molecule has 0 spiro atoms. The van der Waals surface area contributed by atoms with Crippen molar-refractivity contribution in [2.24, 2.45) is 0 Å². The van der Waals surface area contributed by atoms with Gasteiger partial charge in [0.05, 0.1) is 33.0 Å². The normalized spacial score (nSPS) is 13.2. The molecule has 0 aliphatic rings. The zero-order valence-electron chi connectivity index (χ0n) is 13.9. The minimum absolute atomic E-state index is 0.283. The Hall–Kier alpha value is -2.93. The average Bonchev–Trinajstić information content (AvgIpc) is 2.96. The maximum Gasteiger partial charge on any atom is 0.255 e. The third kappa shape index (κ3) is 3.61. The quantitative estimate of drug-likeness (QED) is 0.752. The molecular weight excluding hydrogens is 336 g/mol. The summed E-state index contributed by atoms with van der Waals surface area (Å²) in [5, 5.41) is 7.15. The fourth-order valence-electron chi connectivity index (χ4n) is 2.42. The molecule has 0 bridgehead atoms. The minimum Gasteiger partial charge on any atom is -0.319 e. The first-order valence-corrected chi connectivity index (χ1v) is 9.58. The fourth-order valence-corrected chi connectivity index (χ4v) is 3.08. The third-order valence-electron chi connectivity index (χ3n) is 3.83. The highest BCUT2D eigenvalue weighted by molar-refractivity contribution is 7.91. The molecule has 1 atom stereocenters. The molecule has 6 nitrogen and oxygen atoms in total. The molecule has 3 aromatic rings. The Morgan fingerprint density at radius 2 is 1.76 bits per heavy atom. The van der Waals surface area contributed by atoms with Gasteiger partial charge in [-0.15, -0.1) is 0 Å². The second kappa shape index (κ2) is 6.52. The summed E-state index contributed by atoms with van der Waals surface area (Å²) in [4.78, 5) is 12.8. The number of aromatic nitrogens is 2. The van der Waals surface area contributed by atoms with E-state index >= 15 is 0 Å². The Balaban J connectivity index is 1.81. The van der Waals surface area contributed by atoms with E-state index in [-0.39, 0.29) is 5.91 Å². The van der Waals surface area contributed by atoms with Crippen molar-refractivity contribution in [3.63, 3.8) is 0 Å². The van der Waals surface area contributed by atoms with Crippen LogP contribution in [0.15, 0.2) is 65.7 Å². The van der Waals surface area contributed by atoms with E-state index in [9.17, 15) is 9.00 Å². The molecule has 7 heteroatoms. The number of hydrogen-bond donors (Lipinski definition) is 2. The molecule has 128 valence electrons. The second-order valence-electron chi connectivity index (χ2n) is 5.71. The van der Waals surface area contributed by atoms with Crippen molar-refractivity contribution in [3.8, 4) is 5.69 Å². The average molecular weight is 354 g/mol. The van der Waals surface area contributed by atoms with Crippen LogP contribution in [0.25, 0.3) is 5.69 Å². The lowest BCUT2D eigenvalue weighted by atomic mass is 10.2. The van der Waals surface area contributed by atoms with Crippen LogP contribution >= 0.6 is 0 Å². The Morgan fingerprint density at radius 3 is 2.36 bits per heavy atom. The van der Waals surface area contributed by atoms with Crippen LogP contribution < -0.4 is 5.32 Å². The zero-order chi connectivity index (χ0) is 18.0. The SMILES string of the molecule is Cc1c(NC(=O)c2ccc(S(C)(=N)=O)cc2)cnn1-c1ccccc1. The summed E-state index contributed by atoms with van der Waals surface area (Å²) in [6.45, 7) is 1.88. The number of carbonyl (C=O) groups excluding carboxylic acids is 1. The Kier molecular flexibility index (Phi) is 4.41. The van der Waals surface area contributed by atoms with Crippen LogP contribution in [0.2, 0.25) is 0 Å². The molecule has 0 fully saturated rings. The number of rotatable bonds is 4. The smallest absolute Gasteiger partial charge is 0.255 e. The zero-order valence-corrected chi connectivity index (χ0v) is 14.7. The predicted molar refractivity (Wildman–Crippen MR) is 97.7 cm³/mol. The molecule has 0 saturated heterocycles. The second-order valence-corrected chi connectivity index (χ2v) is 7.87. The maximum atomic E-state index is 12.4. The topological polar surface area (TPSA) is 87.8 Å². The summed E-state index contributed by atoms with van der Waals surface area (Å²) in [5.74, 6) is -0.283. The Morgan fingerprint density at radius 1 is 1.12 bits per heavy atom. The largest absolute Gasteiger partial charge is 0.319 e. The number of anilines is 1. The third-order valence-corrected chi connectivity index (χ3v) is 5.00. The van der Waals surface area contributed by atoms with Crippen molar-refractivity contribution in [2.75, 3.05) is 11.6 Å². The van der Waals surface area contributed by atoms with Crippen molar-refractivity contribution in [1.82, 2.24) is 9.78 Å². The van der Waals surface area contributed by atoms with E-state index in [0.29, 0.717) is 16.1 Å². The first-order valence-electron chi connectivity index (χ1n) is 7.61. The minimum atomic E-state index is -2.78. The van der Waals surface area contributed by atoms with Gasteiger partial charge >= 0.3 is 0 Å². The number of hydrogen-bond acceptors (Lipinski definition) is 4. The van der Waals surface area contributed by atoms with Gasteiger partial charge in [-0.2, -0.15) is 5.10 Å². The summed E-state index contributed by atoms with van der Waals surface area (Å²) < 4.78 is 21.0. The van der Waals surface area contributed by atoms with Crippen LogP contribution in [0.4, 0.5) is 5.69 Å². The van der Waals surface area contributed by atoms with Crippen molar-refractivity contribution in [3.05, 3.63) is 72.1 Å². The van der Waals surface area contributed by atoms with Crippen LogP contribution in [-0.2, 0) is 9.73 Å². The van der Waals surface area contributed by atoms with Gasteiger partial charge in [0.15, 0.2) is 0 Å². The van der Waals surface area contributed by atoms with Gasteiger partial charge in [-0.05, 0) is 43.3 Å². The number of amides is 1. The van der Waals surface area contributed by atoms with Crippen molar-refractivity contribution >= 4 is 21.3 Å². The monoisotopic (exact) mass is 354 g/mol. The molecular formula is C18H18N4O2S. The van der Waals surface area contributed by atoms with Crippen molar-refractivity contribution in [2.45, 2.75) is 11.8 Å². The lowest BCUT2D eigenvalue weighted by Gasteiger charge is -2.07. The molecule has 1 amide bonds. The van der Waals surface area contributed by atoms with Gasteiger partial charge in [0.2, 0.25) is 0 Å². The van der Waals surface area contributed by atoms with E-state index in [0.717, 1.165) is 11.4 Å². The predicted octanol–water partition coefficient (Wildman–Crippen LogP) is 3.47. The van der Waals surface area contributed by atoms with Crippen LogP contribution in [0, 0.1) is 11.7 Å². The maximum absolute atomic E-state index is 12.4. The van der Waals surface area contributed by atoms with Gasteiger partial charge in [-0.25, -0.2) is 13.7 Å². The number of benzene rings is 2. The number of carbonyl (C=O) groups is 1. The van der Waals surface area contributed by atoms with Gasteiger partial charge in [-0.1, -0.05) is 18.2 Å². The molecule has 0 aliphatic heterocycles. The van der Waals surface area contributed by atoms with E-state index in [2.05, 4.69) is 10.4 Å². The highest BCUT2D eigenvalue weighted by Crippen LogP contribution is 2.19. The highest BCUT2D eigenvalue weighted by atomic mass is 32.2.